The van der Waals surface area contributed by atoms with Crippen molar-refractivity contribution in [3.63, 3.8) is 0 Å². The molecule has 1 unspecified atom stereocenters. The van der Waals surface area contributed by atoms with E-state index in [9.17, 15) is 4.79 Å². The summed E-state index contributed by atoms with van der Waals surface area (Å²) in [5, 5.41) is 7.66. The van der Waals surface area contributed by atoms with Crippen molar-refractivity contribution in [3.05, 3.63) is 54.2 Å². The number of amides is 1. The number of rotatable bonds is 2. The Morgan fingerprint density at radius 1 is 1.19 bits per heavy atom. The lowest BCUT2D eigenvalue weighted by atomic mass is 9.97. The number of aromatic nitrogens is 4. The summed E-state index contributed by atoms with van der Waals surface area (Å²) in [7, 11) is 0. The zero-order valence-corrected chi connectivity index (χ0v) is 14.1. The number of nitrogens with one attached hydrogen (secondary N) is 1. The smallest absolute Gasteiger partial charge is 0.272 e. The van der Waals surface area contributed by atoms with Gasteiger partial charge in [0.25, 0.3) is 5.91 Å². The monoisotopic (exact) mass is 347 g/mol. The number of benzene rings is 1. The molecule has 0 radical (unpaired) electrons. The molecule has 130 valence electrons. The molecule has 7 heteroatoms. The number of piperidine rings is 1. The van der Waals surface area contributed by atoms with Gasteiger partial charge in [-0.3, -0.25) is 9.89 Å². The maximum Gasteiger partial charge on any atom is 0.272 e. The van der Waals surface area contributed by atoms with Gasteiger partial charge in [0.15, 0.2) is 17.1 Å². The quantitative estimate of drug-likeness (QED) is 0.602. The summed E-state index contributed by atoms with van der Waals surface area (Å²) in [6.45, 7) is 1.31. The van der Waals surface area contributed by atoms with Crippen molar-refractivity contribution >= 4 is 28.0 Å². The van der Waals surface area contributed by atoms with Crippen LogP contribution in [-0.4, -0.2) is 44.1 Å². The minimum atomic E-state index is -0.0673. The van der Waals surface area contributed by atoms with Crippen molar-refractivity contribution in [1.29, 1.82) is 0 Å². The summed E-state index contributed by atoms with van der Waals surface area (Å²) >= 11 is 0. The van der Waals surface area contributed by atoms with Gasteiger partial charge in [0.2, 0.25) is 0 Å². The lowest BCUT2D eigenvalue weighted by Crippen LogP contribution is -2.39. The Balaban J connectivity index is 1.40. The van der Waals surface area contributed by atoms with E-state index in [2.05, 4.69) is 20.2 Å². The van der Waals surface area contributed by atoms with Gasteiger partial charge >= 0.3 is 0 Å². The largest absolute Gasteiger partial charge is 0.440 e. The van der Waals surface area contributed by atoms with Crippen molar-refractivity contribution in [3.8, 4) is 0 Å². The third-order valence-corrected chi connectivity index (χ3v) is 4.89. The summed E-state index contributed by atoms with van der Waals surface area (Å²) in [6.07, 6.45) is 3.58. The maximum atomic E-state index is 12.9. The zero-order valence-electron chi connectivity index (χ0n) is 14.1. The van der Waals surface area contributed by atoms with E-state index in [1.54, 1.807) is 12.3 Å². The molecule has 1 aromatic carbocycles. The van der Waals surface area contributed by atoms with E-state index >= 15 is 0 Å². The molecule has 0 spiro atoms. The molecule has 0 aliphatic carbocycles. The first kappa shape index (κ1) is 15.1. The second kappa shape index (κ2) is 5.94. The van der Waals surface area contributed by atoms with E-state index in [4.69, 9.17) is 4.42 Å². The Labute approximate surface area is 149 Å². The minimum Gasteiger partial charge on any atom is -0.440 e. The Morgan fingerprint density at radius 3 is 3.04 bits per heavy atom. The number of oxazole rings is 1. The van der Waals surface area contributed by atoms with E-state index in [0.29, 0.717) is 23.8 Å². The van der Waals surface area contributed by atoms with Gasteiger partial charge < -0.3 is 9.32 Å². The highest BCUT2D eigenvalue weighted by Crippen LogP contribution is 2.29. The van der Waals surface area contributed by atoms with Gasteiger partial charge in [0.05, 0.1) is 12.1 Å². The van der Waals surface area contributed by atoms with Gasteiger partial charge in [-0.25, -0.2) is 9.97 Å². The molecule has 0 bridgehead atoms. The standard InChI is InChI=1S/C19H17N5O2/c25-19(15-8-7-12-10-20-23-17(12)21-15)24-9-3-4-13(11-24)18-22-14-5-1-2-6-16(14)26-18/h1-2,5-8,10,13H,3-4,9,11H2,(H,20,21,23). The van der Waals surface area contributed by atoms with E-state index < -0.39 is 0 Å². The number of H-pyrrole nitrogens is 1. The van der Waals surface area contributed by atoms with Gasteiger partial charge in [0.1, 0.15) is 11.2 Å². The van der Waals surface area contributed by atoms with Crippen molar-refractivity contribution in [2.75, 3.05) is 13.1 Å². The Bertz CT molecular complexity index is 1070. The summed E-state index contributed by atoms with van der Waals surface area (Å²) < 4.78 is 5.91. The molecule has 26 heavy (non-hydrogen) atoms. The molecule has 1 atom stereocenters. The third kappa shape index (κ3) is 2.52. The fourth-order valence-electron chi connectivity index (χ4n) is 3.54. The minimum absolute atomic E-state index is 0.0673. The highest BCUT2D eigenvalue weighted by molar-refractivity contribution is 5.94. The molecule has 5 rings (SSSR count). The average molecular weight is 347 g/mol. The van der Waals surface area contributed by atoms with Gasteiger partial charge in [0, 0.05) is 18.5 Å². The van der Waals surface area contributed by atoms with E-state index in [-0.39, 0.29) is 11.8 Å². The van der Waals surface area contributed by atoms with Gasteiger partial charge in [-0.05, 0) is 37.1 Å². The number of aromatic amines is 1. The number of fused-ring (bicyclic) bond motifs is 2. The van der Waals surface area contributed by atoms with Crippen LogP contribution in [0.2, 0.25) is 0 Å². The topological polar surface area (TPSA) is 87.9 Å². The molecular formula is C19H17N5O2. The van der Waals surface area contributed by atoms with Gasteiger partial charge in [-0.1, -0.05) is 12.1 Å². The number of hydrogen-bond donors (Lipinski definition) is 1. The van der Waals surface area contributed by atoms with Crippen LogP contribution in [0, 0.1) is 0 Å². The van der Waals surface area contributed by atoms with Crippen molar-refractivity contribution in [2.24, 2.45) is 0 Å². The van der Waals surface area contributed by atoms with E-state index in [1.165, 1.54) is 0 Å². The number of likely N-dealkylation sites (tertiary alicyclic amines) is 1. The Kier molecular flexibility index (Phi) is 3.44. The van der Waals surface area contributed by atoms with Crippen molar-refractivity contribution < 1.29 is 9.21 Å². The summed E-state index contributed by atoms with van der Waals surface area (Å²) in [6, 6.07) is 11.4. The molecule has 1 saturated heterocycles. The number of pyridine rings is 1. The van der Waals surface area contributed by atoms with Crippen LogP contribution in [0.25, 0.3) is 22.1 Å². The lowest BCUT2D eigenvalue weighted by molar-refractivity contribution is 0.0693. The van der Waals surface area contributed by atoms with Gasteiger partial charge in [-0.15, -0.1) is 0 Å². The zero-order chi connectivity index (χ0) is 17.5. The second-order valence-corrected chi connectivity index (χ2v) is 6.61. The second-order valence-electron chi connectivity index (χ2n) is 6.61. The first-order chi connectivity index (χ1) is 12.8. The number of carbonyl (C=O) groups is 1. The van der Waals surface area contributed by atoms with Crippen LogP contribution in [0.1, 0.15) is 35.1 Å². The molecule has 0 saturated carbocycles. The van der Waals surface area contributed by atoms with E-state index in [0.717, 1.165) is 35.9 Å². The molecule has 1 N–H and O–H groups in total. The molecule has 4 heterocycles. The van der Waals surface area contributed by atoms with Crippen LogP contribution < -0.4 is 0 Å². The van der Waals surface area contributed by atoms with Crippen LogP contribution in [0.3, 0.4) is 0 Å². The lowest BCUT2D eigenvalue weighted by Gasteiger charge is -2.31. The third-order valence-electron chi connectivity index (χ3n) is 4.89. The van der Waals surface area contributed by atoms with Crippen LogP contribution >= 0.6 is 0 Å². The first-order valence-electron chi connectivity index (χ1n) is 8.73. The SMILES string of the molecule is O=C(c1ccc2cn[nH]c2n1)N1CCCC(c2nc3ccccc3o2)C1. The molecule has 1 fully saturated rings. The predicted molar refractivity (Wildman–Crippen MR) is 95.8 cm³/mol. The summed E-state index contributed by atoms with van der Waals surface area (Å²) in [5.41, 5.74) is 2.71. The molecule has 1 amide bonds. The van der Waals surface area contributed by atoms with Gasteiger partial charge in [-0.2, -0.15) is 5.10 Å². The average Bonchev–Trinajstić information content (AvgIpc) is 3.33. The normalized spacial score (nSPS) is 17.8. The number of para-hydroxylation sites is 2. The fourth-order valence-corrected chi connectivity index (χ4v) is 3.54. The van der Waals surface area contributed by atoms with Crippen LogP contribution in [0.15, 0.2) is 47.0 Å². The predicted octanol–water partition coefficient (Wildman–Crippen LogP) is 3.12. The molecule has 7 nitrogen and oxygen atoms in total. The van der Waals surface area contributed by atoms with Crippen molar-refractivity contribution in [2.45, 2.75) is 18.8 Å². The van der Waals surface area contributed by atoms with Crippen molar-refractivity contribution in [1.82, 2.24) is 25.1 Å². The molecule has 1 aliphatic heterocycles. The van der Waals surface area contributed by atoms with E-state index in [1.807, 2.05) is 35.2 Å². The molecule has 4 aromatic rings. The number of nitrogens with zero attached hydrogens (tertiary/aromatic N) is 4. The summed E-state index contributed by atoms with van der Waals surface area (Å²) in [5.74, 6) is 0.749. The maximum absolute atomic E-state index is 12.9. The molecular weight excluding hydrogens is 330 g/mol. The first-order valence-corrected chi connectivity index (χ1v) is 8.73. The Hall–Kier alpha value is -3.22. The Morgan fingerprint density at radius 2 is 2.12 bits per heavy atom. The fraction of sp³-hybridized carbons (Fsp3) is 0.263. The highest BCUT2D eigenvalue weighted by Gasteiger charge is 2.29. The molecule has 1 aliphatic rings. The highest BCUT2D eigenvalue weighted by atomic mass is 16.3. The number of carbonyl (C=O) groups excluding carboxylic acids is 1. The summed E-state index contributed by atoms with van der Waals surface area (Å²) in [4.78, 5) is 23.7. The number of hydrogen-bond acceptors (Lipinski definition) is 5. The molecule has 3 aromatic heterocycles. The van der Waals surface area contributed by atoms with Crippen LogP contribution in [0.5, 0.6) is 0 Å². The van der Waals surface area contributed by atoms with Crippen LogP contribution in [-0.2, 0) is 0 Å². The van der Waals surface area contributed by atoms with Crippen LogP contribution in [0.4, 0.5) is 0 Å².